The summed E-state index contributed by atoms with van der Waals surface area (Å²) in [6, 6.07) is 10.3. The number of nitriles is 1. The first-order valence-electron chi connectivity index (χ1n) is 7.59. The number of aromatic nitrogens is 2. The summed E-state index contributed by atoms with van der Waals surface area (Å²) in [5, 5.41) is 9.03. The molecule has 0 aliphatic rings. The van der Waals surface area contributed by atoms with Gasteiger partial charge in [0.1, 0.15) is 5.75 Å². The molecule has 2 rings (SSSR count). The third-order valence-electron chi connectivity index (χ3n) is 3.41. The SMILES string of the molecule is CCOc1ccccc1CN(CC#N)CCCn1ccnc1. The lowest BCUT2D eigenvalue weighted by Crippen LogP contribution is -2.26. The Morgan fingerprint density at radius 1 is 1.36 bits per heavy atom. The lowest BCUT2D eigenvalue weighted by molar-refractivity contribution is 0.276. The summed E-state index contributed by atoms with van der Waals surface area (Å²) >= 11 is 0. The largest absolute Gasteiger partial charge is 0.494 e. The molecular formula is C17H22N4O. The maximum absolute atomic E-state index is 9.03. The molecule has 0 fully saturated rings. The molecule has 0 bridgehead atoms. The van der Waals surface area contributed by atoms with Gasteiger partial charge in [-0.25, -0.2) is 4.98 Å². The summed E-state index contributed by atoms with van der Waals surface area (Å²) in [4.78, 5) is 6.18. The van der Waals surface area contributed by atoms with Gasteiger partial charge in [-0.1, -0.05) is 18.2 Å². The van der Waals surface area contributed by atoms with Crippen LogP contribution >= 0.6 is 0 Å². The summed E-state index contributed by atoms with van der Waals surface area (Å²) in [6.07, 6.45) is 6.54. The topological polar surface area (TPSA) is 54.1 Å². The zero-order valence-electron chi connectivity index (χ0n) is 13.0. The van der Waals surface area contributed by atoms with Gasteiger partial charge in [0.05, 0.1) is 25.5 Å². The van der Waals surface area contributed by atoms with Crippen molar-refractivity contribution in [1.82, 2.24) is 14.5 Å². The van der Waals surface area contributed by atoms with Crippen molar-refractivity contribution in [3.05, 3.63) is 48.5 Å². The average Bonchev–Trinajstić information content (AvgIpc) is 3.03. The molecule has 0 spiro atoms. The third-order valence-corrected chi connectivity index (χ3v) is 3.41. The Morgan fingerprint density at radius 3 is 2.95 bits per heavy atom. The average molecular weight is 298 g/mol. The zero-order valence-corrected chi connectivity index (χ0v) is 13.0. The van der Waals surface area contributed by atoms with E-state index in [1.165, 1.54) is 0 Å². The molecule has 0 radical (unpaired) electrons. The lowest BCUT2D eigenvalue weighted by atomic mass is 10.2. The highest BCUT2D eigenvalue weighted by molar-refractivity contribution is 5.33. The van der Waals surface area contributed by atoms with Gasteiger partial charge in [-0.05, 0) is 19.4 Å². The van der Waals surface area contributed by atoms with E-state index in [1.807, 2.05) is 37.6 Å². The fraction of sp³-hybridized carbons (Fsp3) is 0.412. The van der Waals surface area contributed by atoms with Crippen LogP contribution in [0.5, 0.6) is 5.75 Å². The van der Waals surface area contributed by atoms with Gasteiger partial charge >= 0.3 is 0 Å². The second-order valence-electron chi connectivity index (χ2n) is 5.06. The van der Waals surface area contributed by atoms with E-state index in [2.05, 4.69) is 26.6 Å². The highest BCUT2D eigenvalue weighted by Crippen LogP contribution is 2.19. The van der Waals surface area contributed by atoms with E-state index in [0.29, 0.717) is 13.2 Å². The minimum absolute atomic E-state index is 0.421. The zero-order chi connectivity index (χ0) is 15.6. The predicted octanol–water partition coefficient (Wildman–Crippen LogP) is 2.70. The third kappa shape index (κ3) is 4.90. The standard InChI is InChI=1S/C17H22N4O/c1-2-22-17-7-4-3-6-16(17)14-20(12-8-18)10-5-11-21-13-9-19-15-21/h3-4,6-7,9,13,15H,2,5,10-12,14H2,1H3. The fourth-order valence-corrected chi connectivity index (χ4v) is 2.38. The normalized spacial score (nSPS) is 10.6. The Hall–Kier alpha value is -2.32. The monoisotopic (exact) mass is 298 g/mol. The first kappa shape index (κ1) is 16.1. The van der Waals surface area contributed by atoms with Crippen LogP contribution in [0.4, 0.5) is 0 Å². The minimum Gasteiger partial charge on any atom is -0.494 e. The first-order valence-corrected chi connectivity index (χ1v) is 7.59. The van der Waals surface area contributed by atoms with Crippen molar-refractivity contribution in [3.63, 3.8) is 0 Å². The molecule has 1 aromatic carbocycles. The van der Waals surface area contributed by atoms with Crippen LogP contribution in [0.15, 0.2) is 43.0 Å². The summed E-state index contributed by atoms with van der Waals surface area (Å²) in [5.41, 5.74) is 1.13. The van der Waals surface area contributed by atoms with Crippen LogP contribution in [0.2, 0.25) is 0 Å². The molecule has 0 aliphatic carbocycles. The van der Waals surface area contributed by atoms with Crippen LogP contribution < -0.4 is 4.74 Å². The summed E-state index contributed by atoms with van der Waals surface area (Å²) < 4.78 is 7.71. The quantitative estimate of drug-likeness (QED) is 0.668. The Labute approximate surface area is 131 Å². The van der Waals surface area contributed by atoms with E-state index in [-0.39, 0.29) is 0 Å². The number of ether oxygens (including phenoxy) is 1. The summed E-state index contributed by atoms with van der Waals surface area (Å²) in [7, 11) is 0. The molecule has 5 nitrogen and oxygen atoms in total. The van der Waals surface area contributed by atoms with Gasteiger partial charge in [0.25, 0.3) is 0 Å². The lowest BCUT2D eigenvalue weighted by Gasteiger charge is -2.20. The van der Waals surface area contributed by atoms with Crippen molar-refractivity contribution in [3.8, 4) is 11.8 Å². The fourth-order valence-electron chi connectivity index (χ4n) is 2.38. The molecule has 2 aromatic rings. The van der Waals surface area contributed by atoms with Gasteiger partial charge < -0.3 is 9.30 Å². The Bertz CT molecular complexity index is 589. The molecule has 0 aliphatic heterocycles. The molecule has 0 amide bonds. The van der Waals surface area contributed by atoms with E-state index in [0.717, 1.165) is 37.4 Å². The maximum atomic E-state index is 9.03. The highest BCUT2D eigenvalue weighted by Gasteiger charge is 2.09. The summed E-state index contributed by atoms with van der Waals surface area (Å²) in [5.74, 6) is 0.905. The van der Waals surface area contributed by atoms with Gasteiger partial charge in [0, 0.05) is 37.6 Å². The van der Waals surface area contributed by atoms with Gasteiger partial charge in [-0.15, -0.1) is 0 Å². The van der Waals surface area contributed by atoms with Crippen LogP contribution in [-0.4, -0.2) is 34.1 Å². The Morgan fingerprint density at radius 2 is 2.23 bits per heavy atom. The maximum Gasteiger partial charge on any atom is 0.123 e. The van der Waals surface area contributed by atoms with Crippen molar-refractivity contribution in [1.29, 1.82) is 5.26 Å². The molecule has 0 saturated carbocycles. The van der Waals surface area contributed by atoms with Crippen LogP contribution in [-0.2, 0) is 13.1 Å². The second kappa shape index (κ2) is 8.85. The van der Waals surface area contributed by atoms with Gasteiger partial charge in [-0.2, -0.15) is 5.26 Å². The molecule has 0 N–H and O–H groups in total. The van der Waals surface area contributed by atoms with Crippen molar-refractivity contribution in [2.45, 2.75) is 26.4 Å². The molecule has 1 heterocycles. The van der Waals surface area contributed by atoms with Crippen LogP contribution in [0, 0.1) is 11.3 Å². The Balaban J connectivity index is 1.92. The van der Waals surface area contributed by atoms with Crippen LogP contribution in [0.1, 0.15) is 18.9 Å². The number of para-hydroxylation sites is 1. The molecule has 0 atom stereocenters. The van der Waals surface area contributed by atoms with Crippen molar-refractivity contribution in [2.75, 3.05) is 19.7 Å². The number of rotatable bonds is 9. The van der Waals surface area contributed by atoms with Gasteiger partial charge in [-0.3, -0.25) is 4.90 Å². The number of aryl methyl sites for hydroxylation is 1. The predicted molar refractivity (Wildman–Crippen MR) is 85.3 cm³/mol. The molecule has 22 heavy (non-hydrogen) atoms. The molecule has 1 aromatic heterocycles. The van der Waals surface area contributed by atoms with Crippen molar-refractivity contribution in [2.24, 2.45) is 0 Å². The first-order chi connectivity index (χ1) is 10.8. The Kier molecular flexibility index (Phi) is 6.46. The van der Waals surface area contributed by atoms with Gasteiger partial charge in [0.15, 0.2) is 0 Å². The van der Waals surface area contributed by atoms with E-state index in [9.17, 15) is 0 Å². The number of benzene rings is 1. The molecule has 116 valence electrons. The molecule has 5 heteroatoms. The molecular weight excluding hydrogens is 276 g/mol. The van der Waals surface area contributed by atoms with Crippen LogP contribution in [0.3, 0.4) is 0 Å². The molecule has 0 unspecified atom stereocenters. The van der Waals surface area contributed by atoms with E-state index >= 15 is 0 Å². The number of nitrogens with zero attached hydrogens (tertiary/aromatic N) is 4. The number of hydrogen-bond acceptors (Lipinski definition) is 4. The van der Waals surface area contributed by atoms with E-state index in [1.54, 1.807) is 6.20 Å². The number of hydrogen-bond donors (Lipinski definition) is 0. The second-order valence-corrected chi connectivity index (χ2v) is 5.06. The number of imidazole rings is 1. The smallest absolute Gasteiger partial charge is 0.123 e. The summed E-state index contributed by atoms with van der Waals surface area (Å²) in [6.45, 7) is 5.56. The van der Waals surface area contributed by atoms with E-state index < -0.39 is 0 Å². The molecule has 0 saturated heterocycles. The highest BCUT2D eigenvalue weighted by atomic mass is 16.5. The van der Waals surface area contributed by atoms with Crippen LogP contribution in [0.25, 0.3) is 0 Å². The van der Waals surface area contributed by atoms with Crippen molar-refractivity contribution >= 4 is 0 Å². The van der Waals surface area contributed by atoms with Gasteiger partial charge in [0.2, 0.25) is 0 Å². The van der Waals surface area contributed by atoms with Crippen molar-refractivity contribution < 1.29 is 4.74 Å². The minimum atomic E-state index is 0.421. The van der Waals surface area contributed by atoms with E-state index in [4.69, 9.17) is 10.00 Å².